The van der Waals surface area contributed by atoms with Gasteiger partial charge in [-0.2, -0.15) is 18.2 Å². The Hall–Kier alpha value is -2.35. The van der Waals surface area contributed by atoms with Crippen LogP contribution >= 0.6 is 0 Å². The maximum atomic E-state index is 12.9. The number of hydrogen-bond donors (Lipinski definition) is 3. The van der Waals surface area contributed by atoms with Gasteiger partial charge in [0.15, 0.2) is 0 Å². The zero-order chi connectivity index (χ0) is 16.3. The Morgan fingerprint density at radius 1 is 1.27 bits per heavy atom. The van der Waals surface area contributed by atoms with E-state index in [0.29, 0.717) is 11.5 Å². The zero-order valence-electron chi connectivity index (χ0n) is 11.7. The van der Waals surface area contributed by atoms with Gasteiger partial charge in [-0.3, -0.25) is 0 Å². The molecule has 0 amide bonds. The summed E-state index contributed by atoms with van der Waals surface area (Å²) >= 11 is 0. The number of aliphatic hydroxyl groups excluding tert-OH is 1. The highest BCUT2D eigenvalue weighted by atomic mass is 19.4. The molecule has 0 radical (unpaired) electrons. The minimum atomic E-state index is -4.52. The van der Waals surface area contributed by atoms with E-state index in [2.05, 4.69) is 15.3 Å². The van der Waals surface area contributed by atoms with Gasteiger partial charge >= 0.3 is 6.18 Å². The Labute approximate surface area is 125 Å². The third kappa shape index (κ3) is 3.85. The number of aryl methyl sites for hydroxylation is 1. The summed E-state index contributed by atoms with van der Waals surface area (Å²) in [5.41, 5.74) is 5.04. The van der Waals surface area contributed by atoms with E-state index in [9.17, 15) is 18.3 Å². The topological polar surface area (TPSA) is 84.1 Å². The molecule has 1 atom stereocenters. The highest BCUT2D eigenvalue weighted by molar-refractivity contribution is 5.41. The number of aromatic nitrogens is 2. The van der Waals surface area contributed by atoms with Crippen molar-refractivity contribution in [1.29, 1.82) is 0 Å². The lowest BCUT2D eigenvalue weighted by Gasteiger charge is -2.18. The lowest BCUT2D eigenvalue weighted by Crippen LogP contribution is -2.18. The van der Waals surface area contributed by atoms with Gasteiger partial charge in [0.05, 0.1) is 11.7 Å². The zero-order valence-corrected chi connectivity index (χ0v) is 11.7. The second-order valence-electron chi connectivity index (χ2n) is 4.73. The summed E-state index contributed by atoms with van der Waals surface area (Å²) in [4.78, 5) is 7.77. The molecule has 118 valence electrons. The fourth-order valence-electron chi connectivity index (χ4n) is 2.04. The molecular formula is C14H15F3N4O. The first-order valence-electron chi connectivity index (χ1n) is 6.46. The van der Waals surface area contributed by atoms with Crippen LogP contribution < -0.4 is 11.1 Å². The highest BCUT2D eigenvalue weighted by Crippen LogP contribution is 2.34. The van der Waals surface area contributed by atoms with Gasteiger partial charge in [0, 0.05) is 18.3 Å². The third-order valence-electron chi connectivity index (χ3n) is 2.97. The molecule has 1 aromatic carbocycles. The quantitative estimate of drug-likeness (QED) is 0.808. The molecule has 1 heterocycles. The van der Waals surface area contributed by atoms with Gasteiger partial charge in [0.1, 0.15) is 5.82 Å². The summed E-state index contributed by atoms with van der Waals surface area (Å²) in [5.74, 6) is 0.390. The molecule has 2 rings (SSSR count). The standard InChI is InChI=1S/C14H15F3N4O/c1-8-6-12(21-13(18)20-8)19-7-11(22)9-4-2-3-5-10(9)14(15,16)17/h2-6,11,22H,7H2,1H3,(H3,18,19,20,21). The number of halogens is 3. The number of hydrogen-bond acceptors (Lipinski definition) is 5. The minimum absolute atomic E-state index is 0.0488. The molecule has 22 heavy (non-hydrogen) atoms. The van der Waals surface area contributed by atoms with Crippen molar-refractivity contribution in [2.24, 2.45) is 0 Å². The number of nitrogens with one attached hydrogen (secondary N) is 1. The van der Waals surface area contributed by atoms with E-state index in [-0.39, 0.29) is 18.1 Å². The number of nitrogens with two attached hydrogens (primary N) is 1. The number of nitrogen functional groups attached to an aromatic ring is 1. The minimum Gasteiger partial charge on any atom is -0.387 e. The summed E-state index contributed by atoms with van der Waals surface area (Å²) < 4.78 is 38.7. The molecule has 5 nitrogen and oxygen atoms in total. The first-order valence-corrected chi connectivity index (χ1v) is 6.46. The van der Waals surface area contributed by atoms with Crippen molar-refractivity contribution >= 4 is 11.8 Å². The van der Waals surface area contributed by atoms with Crippen LogP contribution in [0.1, 0.15) is 22.9 Å². The number of benzene rings is 1. The number of rotatable bonds is 4. The van der Waals surface area contributed by atoms with Gasteiger partial charge in [0.25, 0.3) is 0 Å². The van der Waals surface area contributed by atoms with Crippen LogP contribution in [0, 0.1) is 6.92 Å². The summed E-state index contributed by atoms with van der Waals surface area (Å²) in [6.45, 7) is 1.57. The van der Waals surface area contributed by atoms with E-state index < -0.39 is 17.8 Å². The van der Waals surface area contributed by atoms with Crippen LogP contribution in [-0.4, -0.2) is 21.6 Å². The van der Waals surface area contributed by atoms with Gasteiger partial charge in [0.2, 0.25) is 5.95 Å². The van der Waals surface area contributed by atoms with Gasteiger partial charge < -0.3 is 16.2 Å². The molecule has 2 aromatic rings. The Bertz CT molecular complexity index is 641. The second-order valence-corrected chi connectivity index (χ2v) is 4.73. The molecule has 0 aliphatic heterocycles. The van der Waals surface area contributed by atoms with E-state index in [4.69, 9.17) is 5.73 Å². The Kier molecular flexibility index (Phi) is 4.51. The normalized spacial score (nSPS) is 13.0. The fraction of sp³-hybridized carbons (Fsp3) is 0.286. The first-order chi connectivity index (χ1) is 10.3. The smallest absolute Gasteiger partial charge is 0.387 e. The molecule has 1 aromatic heterocycles. The van der Waals surface area contributed by atoms with Crippen LogP contribution in [0.15, 0.2) is 30.3 Å². The van der Waals surface area contributed by atoms with Crippen molar-refractivity contribution in [2.45, 2.75) is 19.2 Å². The van der Waals surface area contributed by atoms with Crippen molar-refractivity contribution in [3.05, 3.63) is 47.2 Å². The number of anilines is 2. The van der Waals surface area contributed by atoms with E-state index in [1.165, 1.54) is 18.2 Å². The maximum Gasteiger partial charge on any atom is 0.416 e. The molecule has 0 aliphatic rings. The summed E-state index contributed by atoms with van der Waals surface area (Å²) in [6, 6.07) is 6.49. The van der Waals surface area contributed by atoms with Crippen LogP contribution in [0.5, 0.6) is 0 Å². The van der Waals surface area contributed by atoms with Crippen LogP contribution in [-0.2, 0) is 6.18 Å². The molecule has 0 spiro atoms. The Morgan fingerprint density at radius 3 is 2.59 bits per heavy atom. The largest absolute Gasteiger partial charge is 0.416 e. The second kappa shape index (κ2) is 6.18. The van der Waals surface area contributed by atoms with Crippen LogP contribution in [0.2, 0.25) is 0 Å². The Morgan fingerprint density at radius 2 is 1.95 bits per heavy atom. The third-order valence-corrected chi connectivity index (χ3v) is 2.97. The monoisotopic (exact) mass is 312 g/mol. The molecule has 4 N–H and O–H groups in total. The molecular weight excluding hydrogens is 297 g/mol. The van der Waals surface area contributed by atoms with Crippen molar-refractivity contribution in [3.8, 4) is 0 Å². The van der Waals surface area contributed by atoms with E-state index in [1.54, 1.807) is 13.0 Å². The van der Waals surface area contributed by atoms with E-state index in [0.717, 1.165) is 6.07 Å². The summed E-state index contributed by atoms with van der Waals surface area (Å²) in [5, 5.41) is 12.8. The highest BCUT2D eigenvalue weighted by Gasteiger charge is 2.34. The van der Waals surface area contributed by atoms with Gasteiger partial charge in [-0.1, -0.05) is 18.2 Å². The molecule has 0 bridgehead atoms. The fourth-order valence-corrected chi connectivity index (χ4v) is 2.04. The van der Waals surface area contributed by atoms with Crippen molar-refractivity contribution < 1.29 is 18.3 Å². The average molecular weight is 312 g/mol. The van der Waals surface area contributed by atoms with Crippen LogP contribution in [0.4, 0.5) is 24.9 Å². The predicted octanol–water partition coefficient (Wildman–Crippen LogP) is 2.53. The average Bonchev–Trinajstić information content (AvgIpc) is 2.43. The van der Waals surface area contributed by atoms with E-state index >= 15 is 0 Å². The lowest BCUT2D eigenvalue weighted by atomic mass is 10.0. The SMILES string of the molecule is Cc1cc(NCC(O)c2ccccc2C(F)(F)F)nc(N)n1. The number of alkyl halides is 3. The predicted molar refractivity (Wildman–Crippen MR) is 76.1 cm³/mol. The lowest BCUT2D eigenvalue weighted by molar-refractivity contribution is -0.139. The number of aliphatic hydroxyl groups is 1. The maximum absolute atomic E-state index is 12.9. The van der Waals surface area contributed by atoms with Gasteiger partial charge in [-0.05, 0) is 18.6 Å². The van der Waals surface area contributed by atoms with Crippen LogP contribution in [0.3, 0.4) is 0 Å². The van der Waals surface area contributed by atoms with Gasteiger partial charge in [-0.15, -0.1) is 0 Å². The molecule has 1 unspecified atom stereocenters. The molecule has 0 saturated heterocycles. The first kappa shape index (κ1) is 16.0. The van der Waals surface area contributed by atoms with Crippen LogP contribution in [0.25, 0.3) is 0 Å². The van der Waals surface area contributed by atoms with E-state index in [1.807, 2.05) is 0 Å². The van der Waals surface area contributed by atoms with Crippen molar-refractivity contribution in [3.63, 3.8) is 0 Å². The van der Waals surface area contributed by atoms with Crippen molar-refractivity contribution in [1.82, 2.24) is 9.97 Å². The van der Waals surface area contributed by atoms with Gasteiger partial charge in [-0.25, -0.2) is 4.98 Å². The molecule has 0 aliphatic carbocycles. The molecule has 0 fully saturated rings. The molecule has 8 heteroatoms. The summed E-state index contributed by atoms with van der Waals surface area (Å²) in [6.07, 6.45) is -5.86. The molecule has 0 saturated carbocycles. The summed E-state index contributed by atoms with van der Waals surface area (Å²) in [7, 11) is 0. The number of nitrogens with zero attached hydrogens (tertiary/aromatic N) is 2. The van der Waals surface area contributed by atoms with Crippen molar-refractivity contribution in [2.75, 3.05) is 17.6 Å². The Balaban J connectivity index is 2.14.